The third-order valence-electron chi connectivity index (χ3n) is 6.52. The molecule has 47 heavy (non-hydrogen) atoms. The van der Waals surface area contributed by atoms with Crippen molar-refractivity contribution in [3.05, 3.63) is 107 Å². The molecule has 0 radical (unpaired) electrons. The number of benzene rings is 4. The number of para-hydroxylation sites is 2. The smallest absolute Gasteiger partial charge is 0.545 e. The molecule has 0 atom stereocenters. The fourth-order valence-corrected chi connectivity index (χ4v) is 4.12. The number of carbonyl (C=O) groups is 2. The number of rotatable bonds is 11. The first kappa shape index (κ1) is 39.9. The first-order valence-electron chi connectivity index (χ1n) is 14.8. The average molecular weight is 685 g/mol. The van der Waals surface area contributed by atoms with Crippen molar-refractivity contribution in [3.8, 4) is 23.0 Å². The van der Waals surface area contributed by atoms with Gasteiger partial charge in [-0.2, -0.15) is 0 Å². The second-order valence-electron chi connectivity index (χ2n) is 9.94. The van der Waals surface area contributed by atoms with Crippen molar-refractivity contribution >= 4 is 35.7 Å². The van der Waals surface area contributed by atoms with Crippen LogP contribution in [0.4, 0.5) is 11.4 Å². The molecule has 4 N–H and O–H groups in total. The van der Waals surface area contributed by atoms with E-state index in [1.165, 1.54) is 24.3 Å². The van der Waals surface area contributed by atoms with E-state index in [4.69, 9.17) is 10.2 Å². The summed E-state index contributed by atoms with van der Waals surface area (Å²) in [5, 5.41) is 58.6. The van der Waals surface area contributed by atoms with Gasteiger partial charge in [0.1, 0.15) is 0 Å². The van der Waals surface area contributed by atoms with E-state index in [1.807, 2.05) is 74.5 Å². The molecule has 0 aliphatic carbocycles. The summed E-state index contributed by atoms with van der Waals surface area (Å²) >= 11 is 0. The number of hydrogen-bond acceptors (Lipinski definition) is 10. The number of aryl methyl sites for hydroxylation is 2. The van der Waals surface area contributed by atoms with Gasteiger partial charge in [-0.05, 0) is 73.2 Å². The van der Waals surface area contributed by atoms with E-state index in [0.717, 1.165) is 37.1 Å². The summed E-state index contributed by atoms with van der Waals surface area (Å²) in [5.41, 5.74) is 2.25. The number of aromatic hydroxyl groups is 4. The first-order chi connectivity index (χ1) is 22.1. The average Bonchev–Trinajstić information content (AvgIpc) is 3.05. The maximum atomic E-state index is 10.8. The van der Waals surface area contributed by atoms with Crippen LogP contribution in [-0.4, -0.2) is 44.8 Å². The number of carbonyl (C=O) groups excluding carboxylic acids is 2. The summed E-state index contributed by atoms with van der Waals surface area (Å²) in [4.78, 5) is 30.0. The van der Waals surface area contributed by atoms with Crippen molar-refractivity contribution in [2.45, 2.75) is 52.4 Å². The van der Waals surface area contributed by atoms with Crippen LogP contribution in [0.2, 0.25) is 0 Å². The Hall–Kier alpha value is -5.15. The fraction of sp³-hybridized carbons (Fsp3) is 0.222. The normalized spacial score (nSPS) is 10.3. The zero-order valence-electron chi connectivity index (χ0n) is 26.1. The molecule has 0 saturated carbocycles. The molecule has 0 heterocycles. The Kier molecular flexibility index (Phi) is 18.3. The molecule has 0 aromatic heterocycles. The molecule has 0 unspecified atom stereocenters. The molecule has 0 spiro atoms. The number of phenols is 4. The van der Waals surface area contributed by atoms with E-state index in [9.17, 15) is 30.0 Å². The number of nitrogens with zero attached hydrogens (tertiary/aromatic N) is 2. The Morgan fingerprint density at radius 1 is 0.596 bits per heavy atom. The van der Waals surface area contributed by atoms with E-state index < -0.39 is 34.9 Å². The maximum absolute atomic E-state index is 10.8. The Morgan fingerprint density at radius 3 is 1.23 bits per heavy atom. The molecule has 4 aromatic carbocycles. The minimum absolute atomic E-state index is 0. The fourth-order valence-electron chi connectivity index (χ4n) is 4.12. The van der Waals surface area contributed by atoms with Gasteiger partial charge in [0.25, 0.3) is 0 Å². The Labute approximate surface area is 284 Å². The minimum Gasteiger partial charge on any atom is -0.545 e. The number of phenolic OH excluding ortho intramolecular Hbond substituents is 2. The first-order valence-corrected chi connectivity index (χ1v) is 14.8. The molecule has 0 aliphatic rings. The van der Waals surface area contributed by atoms with Gasteiger partial charge < -0.3 is 40.2 Å². The van der Waals surface area contributed by atoms with Crippen LogP contribution in [0, 0.1) is 0 Å². The molecular weight excluding hydrogens is 647 g/mol. The SMILES string of the molecule is C(C=Nc1ccccc1)=Nc1ccccc1.CCCCc1ccc(O)c(O)c1C(=O)[O-].CCCCc1ccc(O)c(O)c1C(=O)[O-].[Ni+2]. The Bertz CT molecular complexity index is 1490. The molecule has 0 fully saturated rings. The topological polar surface area (TPSA) is 186 Å². The number of carboxylic acid groups (broad SMARTS) is 2. The van der Waals surface area contributed by atoms with Gasteiger partial charge >= 0.3 is 16.5 Å². The van der Waals surface area contributed by atoms with Crippen LogP contribution in [-0.2, 0) is 29.3 Å². The number of hydrogen-bond donors (Lipinski definition) is 4. The van der Waals surface area contributed by atoms with Gasteiger partial charge in [0.2, 0.25) is 0 Å². The van der Waals surface area contributed by atoms with Crippen molar-refractivity contribution < 1.29 is 56.7 Å². The zero-order chi connectivity index (χ0) is 33.9. The molecule has 0 saturated heterocycles. The van der Waals surface area contributed by atoms with Crippen LogP contribution in [0.5, 0.6) is 23.0 Å². The summed E-state index contributed by atoms with van der Waals surface area (Å²) in [5.74, 6) is -5.01. The van der Waals surface area contributed by atoms with E-state index in [0.29, 0.717) is 24.0 Å². The van der Waals surface area contributed by atoms with Gasteiger partial charge in [0.05, 0.1) is 23.3 Å². The third-order valence-corrected chi connectivity index (χ3v) is 6.52. The van der Waals surface area contributed by atoms with E-state index in [2.05, 4.69) is 9.98 Å². The summed E-state index contributed by atoms with van der Waals surface area (Å²) in [6, 6.07) is 25.1. The van der Waals surface area contributed by atoms with E-state index in [1.54, 1.807) is 12.4 Å². The summed E-state index contributed by atoms with van der Waals surface area (Å²) in [7, 11) is 0. The molecule has 4 aromatic rings. The van der Waals surface area contributed by atoms with Crippen LogP contribution >= 0.6 is 0 Å². The van der Waals surface area contributed by atoms with Crippen LogP contribution in [0.1, 0.15) is 71.4 Å². The monoisotopic (exact) mass is 684 g/mol. The van der Waals surface area contributed by atoms with Crippen molar-refractivity contribution in [1.82, 2.24) is 0 Å². The molecule has 0 bridgehead atoms. The number of aliphatic imine (C=N–C) groups is 2. The minimum atomic E-state index is -1.46. The summed E-state index contributed by atoms with van der Waals surface area (Å²) < 4.78 is 0. The standard InChI is InChI=1S/C14H12N2.2C11H14O4.Ni/c1-3-7-13(8-4-1)15-11-12-16-14-9-5-2-6-10-14;2*1-2-3-4-7-5-6-8(12)10(13)9(7)11(14)15;/h1-12H;2*5-6,12-13H,2-4H2,1H3,(H,14,15);/q;;;+2/p-2. The van der Waals surface area contributed by atoms with Gasteiger partial charge in [0.15, 0.2) is 23.0 Å². The molecule has 250 valence electrons. The van der Waals surface area contributed by atoms with Crippen molar-refractivity contribution in [1.29, 1.82) is 0 Å². The molecule has 10 nitrogen and oxygen atoms in total. The second-order valence-corrected chi connectivity index (χ2v) is 9.94. The van der Waals surface area contributed by atoms with Crippen LogP contribution in [0.15, 0.2) is 94.9 Å². The molecule has 4 rings (SSSR count). The van der Waals surface area contributed by atoms with Crippen LogP contribution in [0.25, 0.3) is 0 Å². The van der Waals surface area contributed by atoms with Crippen molar-refractivity contribution in [2.24, 2.45) is 9.98 Å². The predicted molar refractivity (Wildman–Crippen MR) is 175 cm³/mol. The van der Waals surface area contributed by atoms with Gasteiger partial charge in [0, 0.05) is 23.6 Å². The maximum Gasteiger partial charge on any atom is 2.00 e. The molecule has 11 heteroatoms. The van der Waals surface area contributed by atoms with Crippen LogP contribution < -0.4 is 10.2 Å². The van der Waals surface area contributed by atoms with E-state index in [-0.39, 0.29) is 27.6 Å². The van der Waals surface area contributed by atoms with Gasteiger partial charge in [-0.3, -0.25) is 9.98 Å². The predicted octanol–water partition coefficient (Wildman–Crippen LogP) is 5.40. The van der Waals surface area contributed by atoms with Crippen molar-refractivity contribution in [2.75, 3.05) is 0 Å². The van der Waals surface area contributed by atoms with E-state index >= 15 is 0 Å². The zero-order valence-corrected chi connectivity index (χ0v) is 27.1. The third kappa shape index (κ3) is 13.4. The Morgan fingerprint density at radius 2 is 0.936 bits per heavy atom. The van der Waals surface area contributed by atoms with Gasteiger partial charge in [-0.25, -0.2) is 0 Å². The Balaban J connectivity index is 0.000000349. The number of aromatic carboxylic acids is 2. The number of carboxylic acids is 2. The molecule has 0 amide bonds. The largest absolute Gasteiger partial charge is 2.00 e. The second kappa shape index (κ2) is 21.6. The van der Waals surface area contributed by atoms with Crippen LogP contribution in [0.3, 0.4) is 0 Å². The molecule has 0 aliphatic heterocycles. The number of unbranched alkanes of at least 4 members (excludes halogenated alkanes) is 2. The molecular formula is C36H38N2NiO8. The summed E-state index contributed by atoms with van der Waals surface area (Å²) in [6.45, 7) is 3.97. The van der Waals surface area contributed by atoms with Crippen molar-refractivity contribution in [3.63, 3.8) is 0 Å². The summed E-state index contributed by atoms with van der Waals surface area (Å²) in [6.07, 6.45) is 7.99. The van der Waals surface area contributed by atoms with Gasteiger partial charge in [-0.15, -0.1) is 0 Å². The van der Waals surface area contributed by atoms with Gasteiger partial charge in [-0.1, -0.05) is 75.2 Å². The quantitative estimate of drug-likeness (QED) is 0.0919.